The number of rotatable bonds is 2. The molecule has 1 radical (unpaired) electrons. The second kappa shape index (κ2) is 3.06. The van der Waals surface area contributed by atoms with Gasteiger partial charge < -0.3 is 9.72 Å². The highest BCUT2D eigenvalue weighted by molar-refractivity contribution is 5.89. The van der Waals surface area contributed by atoms with Crippen LogP contribution in [0.15, 0.2) is 18.5 Å². The average Bonchev–Trinajstić information content (AvgIpc) is 2.38. The molecule has 1 aromatic heterocycles. The number of carbonyl (C=O) groups is 1. The van der Waals surface area contributed by atoms with E-state index < -0.39 is 0 Å². The monoisotopic (exact) mass is 138 g/mol. The van der Waals surface area contributed by atoms with Crippen molar-refractivity contribution in [2.75, 3.05) is 0 Å². The first kappa shape index (κ1) is 6.86. The van der Waals surface area contributed by atoms with Crippen LogP contribution in [0.1, 0.15) is 17.3 Å². The van der Waals surface area contributed by atoms with Gasteiger partial charge in [-0.25, -0.2) is 4.79 Å². The lowest BCUT2D eigenvalue weighted by molar-refractivity contribution is 0.0613. The van der Waals surface area contributed by atoms with Crippen LogP contribution in [0.3, 0.4) is 0 Å². The summed E-state index contributed by atoms with van der Waals surface area (Å²) in [7, 11) is 0. The van der Waals surface area contributed by atoms with E-state index in [2.05, 4.69) is 9.72 Å². The molecule has 0 aliphatic rings. The largest absolute Gasteiger partial charge is 0.455 e. The Morgan fingerprint density at radius 1 is 1.80 bits per heavy atom. The number of hydrogen-bond donors (Lipinski definition) is 1. The van der Waals surface area contributed by atoms with Crippen LogP contribution in [0.2, 0.25) is 0 Å². The number of H-pyrrole nitrogens is 1. The van der Waals surface area contributed by atoms with Crippen LogP contribution in [-0.4, -0.2) is 11.0 Å². The van der Waals surface area contributed by atoms with Gasteiger partial charge in [-0.05, 0) is 13.0 Å². The molecule has 0 saturated heterocycles. The summed E-state index contributed by atoms with van der Waals surface area (Å²) in [5, 5.41) is 0. The SMILES string of the molecule is C[CH]OC(=O)c1cc[nH]c1. The zero-order chi connectivity index (χ0) is 7.40. The molecule has 0 amide bonds. The van der Waals surface area contributed by atoms with E-state index in [0.29, 0.717) is 5.56 Å². The van der Waals surface area contributed by atoms with E-state index in [1.165, 1.54) is 6.61 Å². The third kappa shape index (κ3) is 1.37. The second-order valence-corrected chi connectivity index (χ2v) is 1.74. The Kier molecular flexibility index (Phi) is 2.10. The topological polar surface area (TPSA) is 42.1 Å². The standard InChI is InChI=1S/C7H8NO2/c1-2-10-7(9)6-3-4-8-5-6/h2-5,8H,1H3. The van der Waals surface area contributed by atoms with Gasteiger partial charge in [-0.3, -0.25) is 0 Å². The molecule has 0 aromatic carbocycles. The molecule has 1 N–H and O–H groups in total. The minimum atomic E-state index is -0.330. The molecular weight excluding hydrogens is 130 g/mol. The minimum absolute atomic E-state index is 0.330. The first-order valence-electron chi connectivity index (χ1n) is 2.96. The van der Waals surface area contributed by atoms with Gasteiger partial charge in [0.15, 0.2) is 0 Å². The summed E-state index contributed by atoms with van der Waals surface area (Å²) >= 11 is 0. The molecule has 0 unspecified atom stereocenters. The smallest absolute Gasteiger partial charge is 0.340 e. The molecule has 3 heteroatoms. The Balaban J connectivity index is 2.59. The van der Waals surface area contributed by atoms with Crippen LogP contribution in [0.5, 0.6) is 0 Å². The predicted octanol–water partition coefficient (Wildman–Crippen LogP) is 1.35. The maximum atomic E-state index is 10.8. The van der Waals surface area contributed by atoms with Crippen molar-refractivity contribution in [3.63, 3.8) is 0 Å². The first-order chi connectivity index (χ1) is 4.84. The van der Waals surface area contributed by atoms with Crippen LogP contribution in [-0.2, 0) is 4.74 Å². The fraction of sp³-hybridized carbons (Fsp3) is 0.143. The summed E-state index contributed by atoms with van der Waals surface area (Å²) in [5.41, 5.74) is 0.540. The number of aromatic amines is 1. The van der Waals surface area contributed by atoms with Gasteiger partial charge in [0, 0.05) is 12.4 Å². The normalized spacial score (nSPS) is 9.30. The molecular formula is C7H8NO2. The molecule has 0 atom stereocenters. The van der Waals surface area contributed by atoms with Gasteiger partial charge in [0.1, 0.15) is 6.61 Å². The van der Waals surface area contributed by atoms with E-state index in [-0.39, 0.29) is 5.97 Å². The second-order valence-electron chi connectivity index (χ2n) is 1.74. The van der Waals surface area contributed by atoms with Crippen LogP contribution in [0.4, 0.5) is 0 Å². The molecule has 1 rings (SSSR count). The van der Waals surface area contributed by atoms with Gasteiger partial charge in [0.2, 0.25) is 0 Å². The Bertz CT molecular complexity index is 203. The van der Waals surface area contributed by atoms with Crippen molar-refractivity contribution in [3.8, 4) is 0 Å². The highest BCUT2D eigenvalue weighted by atomic mass is 16.5. The summed E-state index contributed by atoms with van der Waals surface area (Å²) in [4.78, 5) is 13.6. The van der Waals surface area contributed by atoms with Gasteiger partial charge in [0.05, 0.1) is 5.56 Å². The highest BCUT2D eigenvalue weighted by Gasteiger charge is 2.04. The van der Waals surface area contributed by atoms with Crippen molar-refractivity contribution in [2.24, 2.45) is 0 Å². The zero-order valence-corrected chi connectivity index (χ0v) is 5.63. The molecule has 0 fully saturated rings. The van der Waals surface area contributed by atoms with Crippen molar-refractivity contribution >= 4 is 5.97 Å². The summed E-state index contributed by atoms with van der Waals surface area (Å²) in [6.45, 7) is 3.01. The van der Waals surface area contributed by atoms with E-state index in [1.807, 2.05) is 0 Å². The van der Waals surface area contributed by atoms with Gasteiger partial charge in [0.25, 0.3) is 0 Å². The van der Waals surface area contributed by atoms with E-state index >= 15 is 0 Å². The minimum Gasteiger partial charge on any atom is -0.455 e. The predicted molar refractivity (Wildman–Crippen MR) is 36.2 cm³/mol. The lowest BCUT2D eigenvalue weighted by Gasteiger charge is -1.94. The Morgan fingerprint density at radius 2 is 2.60 bits per heavy atom. The summed E-state index contributed by atoms with van der Waals surface area (Å²) < 4.78 is 4.60. The Morgan fingerprint density at radius 3 is 3.10 bits per heavy atom. The quantitative estimate of drug-likeness (QED) is 0.627. The van der Waals surface area contributed by atoms with E-state index in [4.69, 9.17) is 0 Å². The number of aromatic nitrogens is 1. The van der Waals surface area contributed by atoms with Crippen LogP contribution in [0, 0.1) is 6.61 Å². The van der Waals surface area contributed by atoms with E-state index in [1.54, 1.807) is 25.4 Å². The number of carbonyl (C=O) groups excluding carboxylic acids is 1. The van der Waals surface area contributed by atoms with Gasteiger partial charge in [-0.2, -0.15) is 0 Å². The van der Waals surface area contributed by atoms with Crippen LogP contribution >= 0.6 is 0 Å². The van der Waals surface area contributed by atoms with Gasteiger partial charge >= 0.3 is 5.97 Å². The fourth-order valence-corrected chi connectivity index (χ4v) is 0.626. The molecule has 3 nitrogen and oxygen atoms in total. The molecule has 0 aliphatic heterocycles. The lowest BCUT2D eigenvalue weighted by atomic mass is 10.3. The Labute approximate surface area is 59.0 Å². The number of esters is 1. The van der Waals surface area contributed by atoms with Crippen molar-refractivity contribution in [2.45, 2.75) is 6.92 Å². The molecule has 0 spiro atoms. The fourth-order valence-electron chi connectivity index (χ4n) is 0.626. The van der Waals surface area contributed by atoms with Crippen molar-refractivity contribution < 1.29 is 9.53 Å². The Hall–Kier alpha value is -1.25. The third-order valence-corrected chi connectivity index (χ3v) is 1.06. The molecule has 0 saturated carbocycles. The zero-order valence-electron chi connectivity index (χ0n) is 5.63. The van der Waals surface area contributed by atoms with Crippen molar-refractivity contribution in [3.05, 3.63) is 30.6 Å². The van der Waals surface area contributed by atoms with Crippen molar-refractivity contribution in [1.82, 2.24) is 4.98 Å². The number of ether oxygens (including phenoxy) is 1. The summed E-state index contributed by atoms with van der Waals surface area (Å²) in [5.74, 6) is -0.330. The van der Waals surface area contributed by atoms with Crippen LogP contribution < -0.4 is 0 Å². The maximum Gasteiger partial charge on any atom is 0.340 e. The average molecular weight is 138 g/mol. The lowest BCUT2D eigenvalue weighted by Crippen LogP contribution is -1.99. The molecule has 0 aliphatic carbocycles. The number of nitrogens with one attached hydrogen (secondary N) is 1. The number of hydrogen-bond acceptors (Lipinski definition) is 2. The van der Waals surface area contributed by atoms with Crippen LogP contribution in [0.25, 0.3) is 0 Å². The first-order valence-corrected chi connectivity index (χ1v) is 2.96. The van der Waals surface area contributed by atoms with Gasteiger partial charge in [-0.1, -0.05) is 0 Å². The van der Waals surface area contributed by atoms with E-state index in [9.17, 15) is 4.79 Å². The molecule has 10 heavy (non-hydrogen) atoms. The summed E-state index contributed by atoms with van der Waals surface area (Å²) in [6.07, 6.45) is 3.26. The van der Waals surface area contributed by atoms with Gasteiger partial charge in [-0.15, -0.1) is 0 Å². The molecule has 1 heterocycles. The molecule has 1 aromatic rings. The molecule has 0 bridgehead atoms. The van der Waals surface area contributed by atoms with E-state index in [0.717, 1.165) is 0 Å². The highest BCUT2D eigenvalue weighted by Crippen LogP contribution is 1.99. The summed E-state index contributed by atoms with van der Waals surface area (Å²) in [6, 6.07) is 1.66. The third-order valence-electron chi connectivity index (χ3n) is 1.06. The molecule has 53 valence electrons. The van der Waals surface area contributed by atoms with Crippen molar-refractivity contribution in [1.29, 1.82) is 0 Å². The maximum absolute atomic E-state index is 10.8.